The molecule has 1 saturated heterocycles. The zero-order valence-corrected chi connectivity index (χ0v) is 25.1. The molecule has 1 aliphatic rings. The summed E-state index contributed by atoms with van der Waals surface area (Å²) in [6.07, 6.45) is 3.56. The van der Waals surface area contributed by atoms with E-state index in [1.807, 2.05) is 32.6 Å². The molecule has 0 radical (unpaired) electrons. The number of piperazine rings is 1. The molecule has 11 heteroatoms. The normalized spacial score (nSPS) is 15.9. The standard InChI is InChI=1S/C31H34ClFN6O3/c1-7-25(42)37-14-15-38(19(2)17-37)29(34-6)20-16-21(32)27(26-22(33)10-8-12-24(26)41)36-30(20)39(18-40)23-11-9-13-35-28(23)31(3,4)5/h7-13,16,18-19,41H,1,14-15,17H2,2-6H3/b34-29+. The Morgan fingerprint density at radius 2 is 2.00 bits per heavy atom. The van der Waals surface area contributed by atoms with Crippen molar-refractivity contribution in [1.29, 1.82) is 0 Å². The topological polar surface area (TPSA) is 102 Å². The summed E-state index contributed by atoms with van der Waals surface area (Å²) in [5.74, 6) is -0.621. The van der Waals surface area contributed by atoms with Gasteiger partial charge in [0.2, 0.25) is 12.3 Å². The van der Waals surface area contributed by atoms with Crippen molar-refractivity contribution in [3.8, 4) is 17.0 Å². The lowest BCUT2D eigenvalue weighted by molar-refractivity contribution is -0.128. The fraction of sp³-hybridized carbons (Fsp3) is 0.323. The lowest BCUT2D eigenvalue weighted by atomic mass is 9.90. The van der Waals surface area contributed by atoms with Crippen LogP contribution in [0.2, 0.25) is 5.02 Å². The number of benzene rings is 1. The number of amides is 2. The molecule has 1 N–H and O–H groups in total. The van der Waals surface area contributed by atoms with Crippen molar-refractivity contribution in [2.75, 3.05) is 31.6 Å². The van der Waals surface area contributed by atoms with E-state index in [4.69, 9.17) is 16.6 Å². The average Bonchev–Trinajstić information content (AvgIpc) is 2.95. The molecule has 9 nitrogen and oxygen atoms in total. The third-order valence-electron chi connectivity index (χ3n) is 7.11. The smallest absolute Gasteiger partial charge is 0.246 e. The average molecular weight is 593 g/mol. The Balaban J connectivity index is 1.96. The number of aliphatic imine (C=N–C) groups is 1. The first-order valence-corrected chi connectivity index (χ1v) is 13.8. The van der Waals surface area contributed by atoms with Gasteiger partial charge in [-0.2, -0.15) is 0 Å². The Morgan fingerprint density at radius 1 is 1.26 bits per heavy atom. The summed E-state index contributed by atoms with van der Waals surface area (Å²) in [6, 6.07) is 8.80. The molecular formula is C31H34ClFN6O3. The van der Waals surface area contributed by atoms with Crippen LogP contribution in [-0.4, -0.2) is 75.8 Å². The van der Waals surface area contributed by atoms with Gasteiger partial charge in [0.15, 0.2) is 5.82 Å². The van der Waals surface area contributed by atoms with Crippen LogP contribution in [-0.2, 0) is 15.0 Å². The number of aromatic hydroxyl groups is 1. The van der Waals surface area contributed by atoms with Gasteiger partial charge in [-0.05, 0) is 43.3 Å². The van der Waals surface area contributed by atoms with Gasteiger partial charge in [-0.25, -0.2) is 9.37 Å². The quantitative estimate of drug-likeness (QED) is 0.180. The maximum Gasteiger partial charge on any atom is 0.246 e. The number of amidine groups is 1. The highest BCUT2D eigenvalue weighted by Gasteiger charge is 2.33. The molecule has 0 spiro atoms. The monoisotopic (exact) mass is 592 g/mol. The summed E-state index contributed by atoms with van der Waals surface area (Å²) in [6.45, 7) is 12.8. The van der Waals surface area contributed by atoms with Gasteiger partial charge in [0, 0.05) is 44.3 Å². The van der Waals surface area contributed by atoms with Crippen LogP contribution in [0.15, 0.2) is 60.2 Å². The maximum atomic E-state index is 15.0. The van der Waals surface area contributed by atoms with Crippen LogP contribution < -0.4 is 4.90 Å². The van der Waals surface area contributed by atoms with Gasteiger partial charge in [-0.1, -0.05) is 45.0 Å². The SMILES string of the molecule is C=CC(=O)N1CCN(/C(=N/C)c2cc(Cl)c(-c3c(O)cccc3F)nc2N(C=O)c2cccnc2C(C)(C)C)C(C)C1. The Kier molecular flexibility index (Phi) is 8.96. The number of carbonyl (C=O) groups excluding carboxylic acids is 2. The second kappa shape index (κ2) is 12.3. The van der Waals surface area contributed by atoms with E-state index in [1.54, 1.807) is 36.3 Å². The zero-order valence-electron chi connectivity index (χ0n) is 24.3. The molecule has 1 fully saturated rings. The molecule has 3 aromatic rings. The van der Waals surface area contributed by atoms with Crippen LogP contribution in [0.25, 0.3) is 11.3 Å². The molecule has 0 saturated carbocycles. The molecule has 42 heavy (non-hydrogen) atoms. The van der Waals surface area contributed by atoms with E-state index >= 15 is 4.39 Å². The van der Waals surface area contributed by atoms with Crippen LogP contribution in [0.4, 0.5) is 15.9 Å². The first-order chi connectivity index (χ1) is 19.9. The molecule has 3 heterocycles. The highest BCUT2D eigenvalue weighted by Crippen LogP contribution is 2.41. The van der Waals surface area contributed by atoms with Crippen molar-refractivity contribution < 1.29 is 19.1 Å². The van der Waals surface area contributed by atoms with Crippen molar-refractivity contribution in [1.82, 2.24) is 19.8 Å². The Hall–Kier alpha value is -4.31. The molecule has 1 unspecified atom stereocenters. The van der Waals surface area contributed by atoms with Crippen LogP contribution >= 0.6 is 11.6 Å². The molecule has 1 aliphatic heterocycles. The van der Waals surface area contributed by atoms with E-state index in [9.17, 15) is 14.7 Å². The van der Waals surface area contributed by atoms with Crippen molar-refractivity contribution in [2.24, 2.45) is 4.99 Å². The molecule has 1 aromatic carbocycles. The number of phenolic OH excluding ortho intramolecular Hbond substituents is 1. The predicted octanol–water partition coefficient (Wildman–Crippen LogP) is 5.33. The van der Waals surface area contributed by atoms with Gasteiger partial charge in [-0.3, -0.25) is 24.5 Å². The maximum absolute atomic E-state index is 15.0. The largest absolute Gasteiger partial charge is 0.507 e. The molecule has 2 aromatic heterocycles. The van der Waals surface area contributed by atoms with E-state index in [1.165, 1.54) is 29.2 Å². The summed E-state index contributed by atoms with van der Waals surface area (Å²) in [4.78, 5) is 44.1. The lowest BCUT2D eigenvalue weighted by Gasteiger charge is -2.41. The third-order valence-corrected chi connectivity index (χ3v) is 7.40. The first kappa shape index (κ1) is 30.6. The van der Waals surface area contributed by atoms with E-state index in [-0.39, 0.29) is 39.8 Å². The molecule has 0 bridgehead atoms. The predicted molar refractivity (Wildman–Crippen MR) is 163 cm³/mol. The highest BCUT2D eigenvalue weighted by atomic mass is 35.5. The summed E-state index contributed by atoms with van der Waals surface area (Å²) < 4.78 is 15.0. The molecule has 1 atom stereocenters. The fourth-order valence-corrected chi connectivity index (χ4v) is 5.39. The Morgan fingerprint density at radius 3 is 2.60 bits per heavy atom. The van der Waals surface area contributed by atoms with E-state index in [0.717, 1.165) is 0 Å². The Bertz CT molecular complexity index is 1530. The minimum Gasteiger partial charge on any atom is -0.507 e. The first-order valence-electron chi connectivity index (χ1n) is 13.5. The second-order valence-electron chi connectivity index (χ2n) is 11.0. The number of carbonyl (C=O) groups is 2. The summed E-state index contributed by atoms with van der Waals surface area (Å²) in [7, 11) is 1.62. The molecular weight excluding hydrogens is 559 g/mol. The molecule has 220 valence electrons. The lowest BCUT2D eigenvalue weighted by Crippen LogP contribution is -2.55. The highest BCUT2D eigenvalue weighted by molar-refractivity contribution is 6.33. The number of halogens is 2. The number of anilines is 2. The van der Waals surface area contributed by atoms with Crippen LogP contribution in [0.1, 0.15) is 39.0 Å². The molecule has 2 amide bonds. The summed E-state index contributed by atoms with van der Waals surface area (Å²) >= 11 is 6.74. The number of pyridine rings is 2. The van der Waals surface area contributed by atoms with Gasteiger partial charge in [-0.15, -0.1) is 0 Å². The number of phenols is 1. The fourth-order valence-electron chi connectivity index (χ4n) is 5.14. The van der Waals surface area contributed by atoms with Gasteiger partial charge >= 0.3 is 0 Å². The van der Waals surface area contributed by atoms with Gasteiger partial charge in [0.05, 0.1) is 33.2 Å². The Labute approximate surface area is 250 Å². The van der Waals surface area contributed by atoms with Crippen LogP contribution in [0, 0.1) is 5.82 Å². The summed E-state index contributed by atoms with van der Waals surface area (Å²) in [5, 5.41) is 10.6. The number of nitrogens with zero attached hydrogens (tertiary/aromatic N) is 6. The molecule has 4 rings (SSSR count). The minimum absolute atomic E-state index is 0.0380. The van der Waals surface area contributed by atoms with Gasteiger partial charge < -0.3 is 14.9 Å². The molecule has 0 aliphatic carbocycles. The van der Waals surface area contributed by atoms with E-state index < -0.39 is 11.2 Å². The van der Waals surface area contributed by atoms with Gasteiger partial charge in [0.25, 0.3) is 0 Å². The number of hydrogen-bond donors (Lipinski definition) is 1. The van der Waals surface area contributed by atoms with Crippen molar-refractivity contribution in [3.63, 3.8) is 0 Å². The van der Waals surface area contributed by atoms with Crippen molar-refractivity contribution >= 4 is 41.3 Å². The zero-order chi connectivity index (χ0) is 30.8. The third kappa shape index (κ3) is 5.85. The van der Waals surface area contributed by atoms with Crippen molar-refractivity contribution in [2.45, 2.75) is 39.2 Å². The van der Waals surface area contributed by atoms with Crippen LogP contribution in [0.5, 0.6) is 5.75 Å². The van der Waals surface area contributed by atoms with E-state index in [2.05, 4.69) is 16.6 Å². The van der Waals surface area contributed by atoms with E-state index in [0.29, 0.717) is 48.8 Å². The number of hydrogen-bond acceptors (Lipinski definition) is 6. The number of aromatic nitrogens is 2. The number of rotatable bonds is 6. The minimum atomic E-state index is -0.724. The van der Waals surface area contributed by atoms with Crippen molar-refractivity contribution in [3.05, 3.63) is 77.3 Å². The summed E-state index contributed by atoms with van der Waals surface area (Å²) in [5.41, 5.74) is 0.849. The second-order valence-corrected chi connectivity index (χ2v) is 11.4. The van der Waals surface area contributed by atoms with Crippen LogP contribution in [0.3, 0.4) is 0 Å². The van der Waals surface area contributed by atoms with Gasteiger partial charge in [0.1, 0.15) is 17.4 Å².